The van der Waals surface area contributed by atoms with Crippen molar-refractivity contribution in [1.82, 2.24) is 4.98 Å². The molecule has 2 N–H and O–H groups in total. The van der Waals surface area contributed by atoms with Crippen LogP contribution in [0.5, 0.6) is 5.88 Å². The normalized spacial score (nSPS) is 10.5. The van der Waals surface area contributed by atoms with E-state index in [0.29, 0.717) is 5.88 Å². The van der Waals surface area contributed by atoms with E-state index in [2.05, 4.69) is 4.98 Å². The van der Waals surface area contributed by atoms with E-state index in [1.807, 2.05) is 19.1 Å². The summed E-state index contributed by atoms with van der Waals surface area (Å²) in [7, 11) is 0. The van der Waals surface area contributed by atoms with E-state index in [1.54, 1.807) is 6.07 Å². The summed E-state index contributed by atoms with van der Waals surface area (Å²) < 4.78 is 5.18. The molecule has 0 aliphatic rings. The molecule has 4 heteroatoms. The molecule has 1 aromatic heterocycles. The molecule has 0 saturated carbocycles. The van der Waals surface area contributed by atoms with E-state index >= 15 is 0 Å². The molecule has 4 nitrogen and oxygen atoms in total. The molecule has 0 amide bonds. The maximum atomic E-state index is 8.74. The summed E-state index contributed by atoms with van der Waals surface area (Å²) in [6.07, 6.45) is -0.589. The molecule has 0 unspecified atom stereocenters. The van der Waals surface area contributed by atoms with Crippen LogP contribution in [0.15, 0.2) is 18.2 Å². The van der Waals surface area contributed by atoms with Crippen molar-refractivity contribution in [2.24, 2.45) is 0 Å². The third-order valence-electron chi connectivity index (χ3n) is 1.56. The van der Waals surface area contributed by atoms with Gasteiger partial charge in [-0.25, -0.2) is 4.98 Å². The van der Waals surface area contributed by atoms with E-state index in [4.69, 9.17) is 14.9 Å². The maximum Gasteiger partial charge on any atom is 0.213 e. The van der Waals surface area contributed by atoms with E-state index in [9.17, 15) is 0 Å². The van der Waals surface area contributed by atoms with Crippen LogP contribution < -0.4 is 4.74 Å². The minimum absolute atomic E-state index is 0.216. The second-order valence-corrected chi connectivity index (χ2v) is 2.72. The van der Waals surface area contributed by atoms with Gasteiger partial charge in [0.25, 0.3) is 0 Å². The Morgan fingerprint density at radius 3 is 2.62 bits per heavy atom. The monoisotopic (exact) mass is 183 g/mol. The summed E-state index contributed by atoms with van der Waals surface area (Å²) in [4.78, 5) is 4.06. The average Bonchev–Trinajstić information content (AvgIpc) is 2.14. The first-order chi connectivity index (χ1) is 6.26. The Kier molecular flexibility index (Phi) is 3.67. The van der Waals surface area contributed by atoms with Crippen molar-refractivity contribution in [2.75, 3.05) is 13.2 Å². The minimum Gasteiger partial charge on any atom is -0.469 e. The average molecular weight is 183 g/mol. The minimum atomic E-state index is -0.589. The molecule has 0 aromatic carbocycles. The first kappa shape index (κ1) is 9.95. The van der Waals surface area contributed by atoms with Gasteiger partial charge in [0.1, 0.15) is 6.10 Å². The standard InChI is InChI=1S/C9H13NO3/c1-7-3-2-4-9(10-7)13-8(5-11)6-12/h2-4,8,11-12H,5-6H2,1H3. The van der Waals surface area contributed by atoms with Gasteiger partial charge >= 0.3 is 0 Å². The number of ether oxygens (including phenoxy) is 1. The summed E-state index contributed by atoms with van der Waals surface area (Å²) >= 11 is 0. The van der Waals surface area contributed by atoms with Crippen LogP contribution in [0.3, 0.4) is 0 Å². The summed E-state index contributed by atoms with van der Waals surface area (Å²) in [5, 5.41) is 17.5. The summed E-state index contributed by atoms with van der Waals surface area (Å²) in [6, 6.07) is 5.34. The van der Waals surface area contributed by atoms with Crippen LogP contribution >= 0.6 is 0 Å². The molecular weight excluding hydrogens is 170 g/mol. The van der Waals surface area contributed by atoms with Gasteiger partial charge < -0.3 is 14.9 Å². The zero-order valence-electron chi connectivity index (χ0n) is 7.47. The zero-order valence-corrected chi connectivity index (χ0v) is 7.47. The van der Waals surface area contributed by atoms with Gasteiger partial charge in [0.2, 0.25) is 5.88 Å². The van der Waals surface area contributed by atoms with Crippen molar-refractivity contribution in [2.45, 2.75) is 13.0 Å². The zero-order chi connectivity index (χ0) is 9.68. The van der Waals surface area contributed by atoms with Crippen molar-refractivity contribution in [3.63, 3.8) is 0 Å². The number of pyridine rings is 1. The number of aromatic nitrogens is 1. The second kappa shape index (κ2) is 4.79. The van der Waals surface area contributed by atoms with Gasteiger partial charge in [0, 0.05) is 11.8 Å². The number of rotatable bonds is 4. The van der Waals surface area contributed by atoms with E-state index in [-0.39, 0.29) is 13.2 Å². The Bertz CT molecular complexity index is 261. The van der Waals surface area contributed by atoms with Crippen LogP contribution in [-0.4, -0.2) is 34.5 Å². The fraction of sp³-hybridized carbons (Fsp3) is 0.444. The molecule has 0 atom stereocenters. The van der Waals surface area contributed by atoms with E-state index in [0.717, 1.165) is 5.69 Å². The highest BCUT2D eigenvalue weighted by molar-refractivity contribution is 5.14. The lowest BCUT2D eigenvalue weighted by molar-refractivity contribution is 0.0596. The van der Waals surface area contributed by atoms with Crippen LogP contribution in [0.25, 0.3) is 0 Å². The number of aliphatic hydroxyl groups excluding tert-OH is 2. The highest BCUT2D eigenvalue weighted by Crippen LogP contribution is 2.08. The lowest BCUT2D eigenvalue weighted by atomic mass is 10.4. The summed E-state index contributed by atoms with van der Waals surface area (Å²) in [5.41, 5.74) is 0.840. The molecule has 1 heterocycles. The molecule has 0 spiro atoms. The van der Waals surface area contributed by atoms with Crippen LogP contribution in [0.1, 0.15) is 5.69 Å². The Balaban J connectivity index is 2.62. The first-order valence-corrected chi connectivity index (χ1v) is 4.08. The van der Waals surface area contributed by atoms with Gasteiger partial charge in [0.05, 0.1) is 13.2 Å². The Morgan fingerprint density at radius 2 is 2.08 bits per heavy atom. The molecule has 0 saturated heterocycles. The van der Waals surface area contributed by atoms with E-state index in [1.165, 1.54) is 0 Å². The highest BCUT2D eigenvalue weighted by atomic mass is 16.5. The molecule has 0 aliphatic carbocycles. The SMILES string of the molecule is Cc1cccc(OC(CO)CO)n1. The summed E-state index contributed by atoms with van der Waals surface area (Å²) in [5.74, 6) is 0.424. The number of aryl methyl sites for hydroxylation is 1. The largest absolute Gasteiger partial charge is 0.469 e. The maximum absolute atomic E-state index is 8.74. The number of hydrogen-bond donors (Lipinski definition) is 2. The predicted molar refractivity (Wildman–Crippen MR) is 47.6 cm³/mol. The fourth-order valence-electron chi connectivity index (χ4n) is 0.887. The van der Waals surface area contributed by atoms with Gasteiger partial charge in [-0.1, -0.05) is 6.07 Å². The lowest BCUT2D eigenvalue weighted by Gasteiger charge is -2.13. The molecule has 1 aromatic rings. The molecule has 0 bridgehead atoms. The predicted octanol–water partition coefficient (Wildman–Crippen LogP) is 0.122. The molecule has 72 valence electrons. The third kappa shape index (κ3) is 3.01. The van der Waals surface area contributed by atoms with Crippen molar-refractivity contribution in [3.8, 4) is 5.88 Å². The van der Waals surface area contributed by atoms with Crippen LogP contribution in [0, 0.1) is 6.92 Å². The second-order valence-electron chi connectivity index (χ2n) is 2.72. The van der Waals surface area contributed by atoms with Crippen molar-refractivity contribution in [3.05, 3.63) is 23.9 Å². The van der Waals surface area contributed by atoms with Gasteiger partial charge in [-0.15, -0.1) is 0 Å². The van der Waals surface area contributed by atoms with Crippen molar-refractivity contribution >= 4 is 0 Å². The Hall–Kier alpha value is -1.13. The molecule has 1 rings (SSSR count). The molecule has 13 heavy (non-hydrogen) atoms. The van der Waals surface area contributed by atoms with Gasteiger partial charge in [-0.2, -0.15) is 0 Å². The van der Waals surface area contributed by atoms with Crippen LogP contribution in [-0.2, 0) is 0 Å². The number of nitrogens with zero attached hydrogens (tertiary/aromatic N) is 1. The Morgan fingerprint density at radius 1 is 1.38 bits per heavy atom. The number of hydrogen-bond acceptors (Lipinski definition) is 4. The topological polar surface area (TPSA) is 62.6 Å². The van der Waals surface area contributed by atoms with E-state index < -0.39 is 6.10 Å². The first-order valence-electron chi connectivity index (χ1n) is 4.08. The molecule has 0 fully saturated rings. The van der Waals surface area contributed by atoms with Crippen molar-refractivity contribution < 1.29 is 14.9 Å². The molecule has 0 aliphatic heterocycles. The highest BCUT2D eigenvalue weighted by Gasteiger charge is 2.07. The fourth-order valence-corrected chi connectivity index (χ4v) is 0.887. The lowest BCUT2D eigenvalue weighted by Crippen LogP contribution is -2.25. The molecular formula is C9H13NO3. The van der Waals surface area contributed by atoms with Crippen LogP contribution in [0.4, 0.5) is 0 Å². The van der Waals surface area contributed by atoms with Crippen molar-refractivity contribution in [1.29, 1.82) is 0 Å². The smallest absolute Gasteiger partial charge is 0.213 e. The van der Waals surface area contributed by atoms with Gasteiger partial charge in [-0.05, 0) is 13.0 Å². The quantitative estimate of drug-likeness (QED) is 0.696. The number of aliphatic hydroxyl groups is 2. The van der Waals surface area contributed by atoms with Gasteiger partial charge in [0.15, 0.2) is 0 Å². The third-order valence-corrected chi connectivity index (χ3v) is 1.56. The summed E-state index contributed by atoms with van der Waals surface area (Å²) in [6.45, 7) is 1.41. The van der Waals surface area contributed by atoms with Crippen LogP contribution in [0.2, 0.25) is 0 Å². The Labute approximate surface area is 76.8 Å². The molecule has 0 radical (unpaired) electrons. The van der Waals surface area contributed by atoms with Gasteiger partial charge in [-0.3, -0.25) is 0 Å².